The summed E-state index contributed by atoms with van der Waals surface area (Å²) in [6.07, 6.45) is -0.280. The van der Waals surface area contributed by atoms with Gasteiger partial charge in [0, 0.05) is 12.9 Å². The minimum Gasteiger partial charge on any atom is -0.390 e. The van der Waals surface area contributed by atoms with Gasteiger partial charge in [-0.15, -0.1) is 11.6 Å². The molecule has 0 saturated heterocycles. The number of aliphatic hydroxyl groups is 2. The smallest absolute Gasteiger partial charge is 0.260 e. The van der Waals surface area contributed by atoms with Crippen molar-refractivity contribution in [3.8, 4) is 0 Å². The minimum absolute atomic E-state index is 0.189. The Morgan fingerprint density at radius 1 is 1.42 bits per heavy atom. The molecular formula is C13H15ClN2O3. The largest absolute Gasteiger partial charge is 0.390 e. The average Bonchev–Trinajstić information content (AvgIpc) is 2.42. The Morgan fingerprint density at radius 3 is 2.84 bits per heavy atom. The number of alkyl halides is 1. The third-order valence-electron chi connectivity index (χ3n) is 3.05. The average molecular weight is 283 g/mol. The van der Waals surface area contributed by atoms with E-state index in [0.29, 0.717) is 16.5 Å². The fourth-order valence-corrected chi connectivity index (χ4v) is 2.13. The number of hydrogen-bond donors (Lipinski definition) is 2. The molecule has 6 heteroatoms. The lowest BCUT2D eigenvalue weighted by atomic mass is 10.0. The highest BCUT2D eigenvalue weighted by molar-refractivity contribution is 6.17. The van der Waals surface area contributed by atoms with Crippen LogP contribution in [0, 0.1) is 0 Å². The van der Waals surface area contributed by atoms with Gasteiger partial charge in [-0.05, 0) is 24.1 Å². The lowest BCUT2D eigenvalue weighted by Gasteiger charge is -2.17. The van der Waals surface area contributed by atoms with Crippen LogP contribution in [0.1, 0.15) is 18.1 Å². The van der Waals surface area contributed by atoms with Crippen molar-refractivity contribution in [2.75, 3.05) is 5.88 Å². The maximum atomic E-state index is 12.0. The highest BCUT2D eigenvalue weighted by atomic mass is 35.5. The van der Waals surface area contributed by atoms with Gasteiger partial charge in [-0.1, -0.05) is 6.07 Å². The number of halogens is 1. The van der Waals surface area contributed by atoms with Crippen LogP contribution in [0.2, 0.25) is 0 Å². The number of aryl methyl sites for hydroxylation is 1. The Bertz CT molecular complexity index is 641. The fraction of sp³-hybridized carbons (Fsp3) is 0.385. The molecule has 1 aromatic heterocycles. The first kappa shape index (κ1) is 14.0. The molecule has 0 amide bonds. The highest BCUT2D eigenvalue weighted by Gasteiger charge is 2.18. The topological polar surface area (TPSA) is 75.3 Å². The summed E-state index contributed by atoms with van der Waals surface area (Å²) in [7, 11) is 1.61. The second kappa shape index (κ2) is 5.69. The van der Waals surface area contributed by atoms with Gasteiger partial charge in [-0.2, -0.15) is 0 Å². The molecule has 19 heavy (non-hydrogen) atoms. The van der Waals surface area contributed by atoms with Gasteiger partial charge in [-0.3, -0.25) is 4.79 Å². The van der Waals surface area contributed by atoms with E-state index in [-0.39, 0.29) is 17.9 Å². The Hall–Kier alpha value is -1.43. The minimum atomic E-state index is -1.06. The molecular weight excluding hydrogens is 268 g/mol. The third kappa shape index (κ3) is 2.78. The van der Waals surface area contributed by atoms with Crippen LogP contribution in [0.3, 0.4) is 0 Å². The molecule has 0 radical (unpaired) electrons. The van der Waals surface area contributed by atoms with E-state index in [1.807, 2.05) is 0 Å². The van der Waals surface area contributed by atoms with Crippen molar-refractivity contribution in [1.82, 2.24) is 9.55 Å². The first-order valence-electron chi connectivity index (χ1n) is 5.92. The van der Waals surface area contributed by atoms with E-state index in [0.717, 1.165) is 0 Å². The van der Waals surface area contributed by atoms with E-state index >= 15 is 0 Å². The van der Waals surface area contributed by atoms with Gasteiger partial charge in [0.25, 0.3) is 5.56 Å². The van der Waals surface area contributed by atoms with Gasteiger partial charge in [0.05, 0.1) is 23.3 Å². The van der Waals surface area contributed by atoms with Gasteiger partial charge in [0.15, 0.2) is 0 Å². The first-order valence-corrected chi connectivity index (χ1v) is 6.45. The molecule has 1 heterocycles. The highest BCUT2D eigenvalue weighted by Crippen LogP contribution is 2.21. The summed E-state index contributed by atoms with van der Waals surface area (Å²) in [6, 6.07) is 4.87. The van der Waals surface area contributed by atoms with Crippen LogP contribution >= 0.6 is 11.6 Å². The zero-order chi connectivity index (χ0) is 14.0. The third-order valence-corrected chi connectivity index (χ3v) is 3.27. The summed E-state index contributed by atoms with van der Waals surface area (Å²) in [5.74, 6) is 0.259. The van der Waals surface area contributed by atoms with E-state index < -0.39 is 12.2 Å². The number of nitrogens with zero attached hydrogens (tertiary/aromatic N) is 2. The molecule has 1 aromatic carbocycles. The van der Waals surface area contributed by atoms with Crippen LogP contribution < -0.4 is 5.56 Å². The molecule has 2 rings (SSSR count). The lowest BCUT2D eigenvalue weighted by molar-refractivity contribution is 0.0171. The predicted octanol–water partition coefficient (Wildman–Crippen LogP) is 0.957. The summed E-state index contributed by atoms with van der Waals surface area (Å²) >= 11 is 5.53. The maximum Gasteiger partial charge on any atom is 0.260 e. The molecule has 0 spiro atoms. The van der Waals surface area contributed by atoms with E-state index in [2.05, 4.69) is 4.98 Å². The predicted molar refractivity (Wildman–Crippen MR) is 73.3 cm³/mol. The Kier molecular flexibility index (Phi) is 4.19. The van der Waals surface area contributed by atoms with E-state index in [9.17, 15) is 15.0 Å². The van der Waals surface area contributed by atoms with Crippen LogP contribution in [0.4, 0.5) is 0 Å². The summed E-state index contributed by atoms with van der Waals surface area (Å²) in [4.78, 5) is 16.1. The zero-order valence-electron chi connectivity index (χ0n) is 10.5. The van der Waals surface area contributed by atoms with Crippen molar-refractivity contribution in [1.29, 1.82) is 0 Å². The van der Waals surface area contributed by atoms with Crippen LogP contribution in [-0.4, -0.2) is 31.7 Å². The van der Waals surface area contributed by atoms with Crippen molar-refractivity contribution in [3.63, 3.8) is 0 Å². The van der Waals surface area contributed by atoms with Crippen molar-refractivity contribution in [2.24, 2.45) is 7.05 Å². The first-order chi connectivity index (χ1) is 9.04. The summed E-state index contributed by atoms with van der Waals surface area (Å²) in [5, 5.41) is 20.2. The van der Waals surface area contributed by atoms with E-state index in [4.69, 9.17) is 11.6 Å². The van der Waals surface area contributed by atoms with Gasteiger partial charge >= 0.3 is 0 Å². The summed E-state index contributed by atoms with van der Waals surface area (Å²) in [6.45, 7) is 0. The van der Waals surface area contributed by atoms with Gasteiger partial charge in [0.2, 0.25) is 0 Å². The SMILES string of the molecule is Cn1cnc2ccc(C(O)C(O)CCCl)cc2c1=O. The summed E-state index contributed by atoms with van der Waals surface area (Å²) < 4.78 is 1.37. The lowest BCUT2D eigenvalue weighted by Crippen LogP contribution is -2.20. The Balaban J connectivity index is 2.46. The van der Waals surface area contributed by atoms with Crippen molar-refractivity contribution in [3.05, 3.63) is 40.4 Å². The second-order valence-electron chi connectivity index (χ2n) is 4.43. The van der Waals surface area contributed by atoms with Gasteiger partial charge in [0.1, 0.15) is 6.10 Å². The number of benzene rings is 1. The fourth-order valence-electron chi connectivity index (χ4n) is 1.90. The van der Waals surface area contributed by atoms with Crippen LogP contribution in [0.25, 0.3) is 10.9 Å². The molecule has 2 atom stereocenters. The maximum absolute atomic E-state index is 12.0. The zero-order valence-corrected chi connectivity index (χ0v) is 11.2. The number of fused-ring (bicyclic) bond motifs is 1. The molecule has 5 nitrogen and oxygen atoms in total. The number of aromatic nitrogens is 2. The van der Waals surface area contributed by atoms with Crippen LogP contribution in [0.15, 0.2) is 29.3 Å². The molecule has 0 fully saturated rings. The number of aliphatic hydroxyl groups excluding tert-OH is 2. The second-order valence-corrected chi connectivity index (χ2v) is 4.81. The van der Waals surface area contributed by atoms with E-state index in [1.165, 1.54) is 10.9 Å². The van der Waals surface area contributed by atoms with Gasteiger partial charge < -0.3 is 14.8 Å². The number of rotatable bonds is 4. The monoisotopic (exact) mass is 282 g/mol. The molecule has 0 bridgehead atoms. The molecule has 0 saturated carbocycles. The summed E-state index contributed by atoms with van der Waals surface area (Å²) in [5.41, 5.74) is 0.854. The Labute approximate surface area is 115 Å². The quantitative estimate of drug-likeness (QED) is 0.819. The number of hydrogen-bond acceptors (Lipinski definition) is 4. The Morgan fingerprint density at radius 2 is 2.16 bits per heavy atom. The molecule has 0 aliphatic carbocycles. The molecule has 102 valence electrons. The normalized spacial score (nSPS) is 14.5. The molecule has 2 aromatic rings. The van der Waals surface area contributed by atoms with Crippen molar-refractivity contribution >= 4 is 22.5 Å². The van der Waals surface area contributed by atoms with E-state index in [1.54, 1.807) is 25.2 Å². The van der Waals surface area contributed by atoms with Crippen LogP contribution in [0.5, 0.6) is 0 Å². The van der Waals surface area contributed by atoms with Crippen molar-refractivity contribution in [2.45, 2.75) is 18.6 Å². The molecule has 2 N–H and O–H groups in total. The standard InChI is InChI=1S/C13H15ClN2O3/c1-16-7-15-10-3-2-8(6-9(10)13(16)19)12(18)11(17)4-5-14/h2-3,6-7,11-12,17-18H,4-5H2,1H3. The molecule has 0 aliphatic heterocycles. The van der Waals surface area contributed by atoms with Crippen LogP contribution in [-0.2, 0) is 7.05 Å². The molecule has 2 unspecified atom stereocenters. The van der Waals surface area contributed by atoms with Gasteiger partial charge in [-0.25, -0.2) is 4.98 Å². The van der Waals surface area contributed by atoms with Crippen molar-refractivity contribution < 1.29 is 10.2 Å². The molecule has 0 aliphatic rings.